The van der Waals surface area contributed by atoms with E-state index in [2.05, 4.69) is 4.74 Å². The molecule has 0 radical (unpaired) electrons. The number of benzene rings is 1. The van der Waals surface area contributed by atoms with Crippen LogP contribution in [-0.4, -0.2) is 24.4 Å². The molecule has 0 aliphatic carbocycles. The molecule has 92 valence electrons. The van der Waals surface area contributed by atoms with Gasteiger partial charge in [0.1, 0.15) is 13.3 Å². The molecule has 0 heterocycles. The largest absolute Gasteiger partial charge is 0.485 e. The van der Waals surface area contributed by atoms with Gasteiger partial charge in [0.15, 0.2) is 17.4 Å². The fourth-order valence-electron chi connectivity index (χ4n) is 1.12. The maximum absolute atomic E-state index is 13.3. The Hall–Kier alpha value is -1.98. The number of carboxylic acid groups (broad SMARTS) is 1. The molecule has 0 aromatic heterocycles. The molecule has 0 aliphatic rings. The van der Waals surface area contributed by atoms with Gasteiger partial charge in [0, 0.05) is 6.08 Å². The van der Waals surface area contributed by atoms with E-state index in [1.54, 1.807) is 0 Å². The first-order valence-corrected chi connectivity index (χ1v) is 4.63. The molecule has 0 aliphatic heterocycles. The van der Waals surface area contributed by atoms with Gasteiger partial charge in [-0.3, -0.25) is 0 Å². The summed E-state index contributed by atoms with van der Waals surface area (Å²) in [5.74, 6) is -3.93. The van der Waals surface area contributed by atoms with Crippen molar-refractivity contribution in [2.24, 2.45) is 0 Å². The second-order valence-corrected chi connectivity index (χ2v) is 3.02. The highest BCUT2D eigenvalue weighted by molar-refractivity contribution is 5.85. The highest BCUT2D eigenvalue weighted by atomic mass is 19.1. The molecule has 0 atom stereocenters. The van der Waals surface area contributed by atoms with Gasteiger partial charge in [-0.2, -0.15) is 0 Å². The van der Waals surface area contributed by atoms with E-state index in [0.29, 0.717) is 0 Å². The third kappa shape index (κ3) is 3.82. The monoisotopic (exact) mass is 246 g/mol. The van der Waals surface area contributed by atoms with Crippen LogP contribution in [0, 0.1) is 11.6 Å². The second-order valence-electron chi connectivity index (χ2n) is 3.02. The van der Waals surface area contributed by atoms with E-state index in [9.17, 15) is 18.0 Å². The Bertz CT molecular complexity index is 421. The fraction of sp³-hybridized carbons (Fsp3) is 0.182. The molecule has 17 heavy (non-hydrogen) atoms. The first kappa shape index (κ1) is 13.1. The van der Waals surface area contributed by atoms with E-state index < -0.39 is 36.6 Å². The number of aliphatic carboxylic acids is 1. The van der Waals surface area contributed by atoms with Crippen LogP contribution in [0.2, 0.25) is 0 Å². The average Bonchev–Trinajstić information content (AvgIpc) is 2.25. The highest BCUT2D eigenvalue weighted by Gasteiger charge is 2.11. The van der Waals surface area contributed by atoms with E-state index in [1.165, 1.54) is 0 Å². The summed E-state index contributed by atoms with van der Waals surface area (Å²) in [7, 11) is 0. The molecule has 1 rings (SSSR count). The molecule has 0 unspecified atom stereocenters. The number of carboxylic acids is 1. The van der Waals surface area contributed by atoms with Crippen molar-refractivity contribution in [1.82, 2.24) is 0 Å². The van der Waals surface area contributed by atoms with Crippen LogP contribution in [0.4, 0.5) is 13.2 Å². The van der Waals surface area contributed by atoms with Gasteiger partial charge in [-0.25, -0.2) is 18.0 Å². The van der Waals surface area contributed by atoms with Crippen LogP contribution in [-0.2, 0) is 4.79 Å². The lowest BCUT2D eigenvalue weighted by Gasteiger charge is -2.07. The second kappa shape index (κ2) is 5.93. The summed E-state index contributed by atoms with van der Waals surface area (Å²) in [6.45, 7) is -1.31. The fourth-order valence-corrected chi connectivity index (χ4v) is 1.12. The minimum Gasteiger partial charge on any atom is -0.485 e. The van der Waals surface area contributed by atoms with Crippen LogP contribution in [0.15, 0.2) is 18.2 Å². The molecule has 0 amide bonds. The number of rotatable bonds is 5. The maximum atomic E-state index is 13.3. The summed E-state index contributed by atoms with van der Waals surface area (Å²) >= 11 is 0. The SMILES string of the molecule is O=C(O)/C=C/c1cc(F)c(OCCF)c(F)c1. The summed E-state index contributed by atoms with van der Waals surface area (Å²) < 4.78 is 42.9. The van der Waals surface area contributed by atoms with Crippen LogP contribution in [0.5, 0.6) is 5.75 Å². The third-order valence-electron chi connectivity index (χ3n) is 1.76. The Balaban J connectivity index is 2.96. The zero-order valence-electron chi connectivity index (χ0n) is 8.62. The summed E-state index contributed by atoms with van der Waals surface area (Å²) in [5.41, 5.74) is 0.0370. The zero-order valence-corrected chi connectivity index (χ0v) is 8.62. The zero-order chi connectivity index (χ0) is 12.8. The van der Waals surface area contributed by atoms with Crippen molar-refractivity contribution in [1.29, 1.82) is 0 Å². The number of alkyl halides is 1. The van der Waals surface area contributed by atoms with E-state index in [4.69, 9.17) is 5.11 Å². The smallest absolute Gasteiger partial charge is 0.328 e. The minimum absolute atomic E-state index is 0.0370. The summed E-state index contributed by atoms with van der Waals surface area (Å²) in [6.07, 6.45) is 1.78. The van der Waals surface area contributed by atoms with Gasteiger partial charge < -0.3 is 9.84 Å². The number of hydrogen-bond acceptors (Lipinski definition) is 2. The van der Waals surface area contributed by atoms with Gasteiger partial charge in [0.25, 0.3) is 0 Å². The highest BCUT2D eigenvalue weighted by Crippen LogP contribution is 2.23. The van der Waals surface area contributed by atoms with Crippen molar-refractivity contribution in [3.8, 4) is 5.75 Å². The summed E-state index contributed by atoms with van der Waals surface area (Å²) in [6, 6.07) is 1.80. The molecular formula is C11H9F3O3. The lowest BCUT2D eigenvalue weighted by Crippen LogP contribution is -2.03. The van der Waals surface area contributed by atoms with E-state index >= 15 is 0 Å². The van der Waals surface area contributed by atoms with Crippen LogP contribution in [0.3, 0.4) is 0 Å². The molecule has 0 fully saturated rings. The molecule has 1 aromatic rings. The Kier molecular flexibility index (Phi) is 4.56. The number of hydrogen-bond donors (Lipinski definition) is 1. The van der Waals surface area contributed by atoms with Gasteiger partial charge >= 0.3 is 5.97 Å². The Morgan fingerprint density at radius 3 is 2.41 bits per heavy atom. The van der Waals surface area contributed by atoms with Crippen LogP contribution in [0.25, 0.3) is 6.08 Å². The van der Waals surface area contributed by atoms with E-state index in [1.807, 2.05) is 0 Å². The Morgan fingerprint density at radius 1 is 1.35 bits per heavy atom. The molecule has 3 nitrogen and oxygen atoms in total. The lowest BCUT2D eigenvalue weighted by molar-refractivity contribution is -0.131. The quantitative estimate of drug-likeness (QED) is 0.811. The van der Waals surface area contributed by atoms with Gasteiger partial charge in [0.2, 0.25) is 0 Å². The topological polar surface area (TPSA) is 46.5 Å². The molecular weight excluding hydrogens is 237 g/mol. The van der Waals surface area contributed by atoms with Crippen molar-refractivity contribution in [2.75, 3.05) is 13.3 Å². The van der Waals surface area contributed by atoms with Crippen molar-refractivity contribution in [2.45, 2.75) is 0 Å². The average molecular weight is 246 g/mol. The molecule has 0 saturated heterocycles. The minimum atomic E-state index is -1.23. The van der Waals surface area contributed by atoms with Crippen LogP contribution < -0.4 is 4.74 Å². The van der Waals surface area contributed by atoms with Crippen molar-refractivity contribution < 1.29 is 27.8 Å². The maximum Gasteiger partial charge on any atom is 0.328 e. The van der Waals surface area contributed by atoms with Gasteiger partial charge in [-0.05, 0) is 23.8 Å². The normalized spacial score (nSPS) is 10.8. The van der Waals surface area contributed by atoms with Crippen LogP contribution in [0.1, 0.15) is 5.56 Å². The predicted octanol–water partition coefficient (Wildman–Crippen LogP) is 2.41. The Labute approximate surface area is 95.1 Å². The van der Waals surface area contributed by atoms with E-state index in [-0.39, 0.29) is 5.56 Å². The standard InChI is InChI=1S/C11H9F3O3/c12-3-4-17-11-8(13)5-7(6-9(11)14)1-2-10(15)16/h1-2,5-6H,3-4H2,(H,15,16)/b2-1+. The number of halogens is 3. The van der Waals surface area contributed by atoms with Crippen molar-refractivity contribution in [3.05, 3.63) is 35.4 Å². The molecule has 1 aromatic carbocycles. The molecule has 0 spiro atoms. The van der Waals surface area contributed by atoms with Gasteiger partial charge in [-0.1, -0.05) is 0 Å². The Morgan fingerprint density at radius 2 is 1.94 bits per heavy atom. The van der Waals surface area contributed by atoms with Gasteiger partial charge in [-0.15, -0.1) is 0 Å². The predicted molar refractivity (Wildman–Crippen MR) is 54.5 cm³/mol. The molecule has 6 heteroatoms. The summed E-state index contributed by atoms with van der Waals surface area (Å²) in [5, 5.41) is 8.34. The van der Waals surface area contributed by atoms with Gasteiger partial charge in [0.05, 0.1) is 0 Å². The number of ether oxygens (including phenoxy) is 1. The van der Waals surface area contributed by atoms with Crippen LogP contribution >= 0.6 is 0 Å². The molecule has 0 saturated carbocycles. The first-order valence-electron chi connectivity index (χ1n) is 4.63. The summed E-state index contributed by atoms with van der Waals surface area (Å²) in [4.78, 5) is 10.2. The number of carbonyl (C=O) groups is 1. The third-order valence-corrected chi connectivity index (χ3v) is 1.76. The molecule has 0 bridgehead atoms. The first-order chi connectivity index (χ1) is 8.04. The van der Waals surface area contributed by atoms with E-state index in [0.717, 1.165) is 24.3 Å². The van der Waals surface area contributed by atoms with Crippen molar-refractivity contribution in [3.63, 3.8) is 0 Å². The van der Waals surface area contributed by atoms with Crippen molar-refractivity contribution >= 4 is 12.0 Å². The molecule has 1 N–H and O–H groups in total. The lowest BCUT2D eigenvalue weighted by atomic mass is 10.2.